The van der Waals surface area contributed by atoms with Crippen LogP contribution in [0.25, 0.3) is 11.4 Å². The molecule has 0 bridgehead atoms. The van der Waals surface area contributed by atoms with Gasteiger partial charge in [0.1, 0.15) is 5.82 Å². The zero-order valence-corrected chi connectivity index (χ0v) is 14.6. The van der Waals surface area contributed by atoms with Crippen LogP contribution in [0.15, 0.2) is 51.9 Å². The van der Waals surface area contributed by atoms with Crippen molar-refractivity contribution in [3.05, 3.63) is 64.8 Å². The van der Waals surface area contributed by atoms with Gasteiger partial charge in [0, 0.05) is 5.02 Å². The van der Waals surface area contributed by atoms with E-state index in [4.69, 9.17) is 16.1 Å². The normalized spacial score (nSPS) is 11.6. The molecule has 2 aromatic carbocycles. The molecule has 1 heterocycles. The van der Waals surface area contributed by atoms with Gasteiger partial charge in [-0.25, -0.2) is 17.5 Å². The Morgan fingerprint density at radius 3 is 2.72 bits per heavy atom. The molecule has 0 aliphatic carbocycles. The van der Waals surface area contributed by atoms with Crippen LogP contribution in [0.1, 0.15) is 11.5 Å². The number of hydrogen-bond donors (Lipinski definition) is 1. The van der Waals surface area contributed by atoms with Crippen molar-refractivity contribution in [2.45, 2.75) is 18.4 Å². The molecule has 0 unspecified atom stereocenters. The molecule has 3 rings (SSSR count). The fourth-order valence-corrected chi connectivity index (χ4v) is 3.31. The zero-order valence-electron chi connectivity index (χ0n) is 13.0. The maximum absolute atomic E-state index is 13.7. The van der Waals surface area contributed by atoms with Gasteiger partial charge in [0.2, 0.25) is 21.7 Å². The maximum atomic E-state index is 13.7. The molecule has 1 N–H and O–H groups in total. The lowest BCUT2D eigenvalue weighted by atomic mass is 10.2. The third-order valence-electron chi connectivity index (χ3n) is 3.45. The van der Waals surface area contributed by atoms with Crippen molar-refractivity contribution >= 4 is 21.6 Å². The quantitative estimate of drug-likeness (QED) is 0.732. The van der Waals surface area contributed by atoms with Crippen LogP contribution in [0.3, 0.4) is 0 Å². The Balaban J connectivity index is 1.75. The molecule has 0 spiro atoms. The van der Waals surface area contributed by atoms with Gasteiger partial charge in [-0.1, -0.05) is 35.0 Å². The Morgan fingerprint density at radius 2 is 2.00 bits per heavy atom. The van der Waals surface area contributed by atoms with Gasteiger partial charge in [0.25, 0.3) is 0 Å². The lowest BCUT2D eigenvalue weighted by molar-refractivity contribution is 0.375. The van der Waals surface area contributed by atoms with Crippen LogP contribution in [-0.2, 0) is 16.6 Å². The molecular weight excluding hydrogens is 369 g/mol. The minimum atomic E-state index is -3.80. The van der Waals surface area contributed by atoms with E-state index in [0.29, 0.717) is 5.02 Å². The van der Waals surface area contributed by atoms with Gasteiger partial charge in [-0.3, -0.25) is 0 Å². The fourth-order valence-electron chi connectivity index (χ4n) is 2.06. The van der Waals surface area contributed by atoms with Crippen molar-refractivity contribution < 1.29 is 17.3 Å². The van der Waals surface area contributed by atoms with Crippen LogP contribution in [0.4, 0.5) is 4.39 Å². The number of benzene rings is 2. The summed E-state index contributed by atoms with van der Waals surface area (Å²) >= 11 is 5.95. The summed E-state index contributed by atoms with van der Waals surface area (Å²) in [5.41, 5.74) is 0.942. The molecule has 0 aliphatic heterocycles. The highest BCUT2D eigenvalue weighted by atomic mass is 35.5. The lowest BCUT2D eigenvalue weighted by Crippen LogP contribution is -2.23. The molecular formula is C16H13ClFN3O3S. The topological polar surface area (TPSA) is 85.1 Å². The Kier molecular flexibility index (Phi) is 4.85. The average Bonchev–Trinajstić information content (AvgIpc) is 3.05. The highest BCUT2D eigenvalue weighted by Crippen LogP contribution is 2.21. The van der Waals surface area contributed by atoms with Gasteiger partial charge in [0.05, 0.1) is 17.0 Å². The van der Waals surface area contributed by atoms with Crippen molar-refractivity contribution in [3.63, 3.8) is 0 Å². The Bertz CT molecular complexity index is 1020. The van der Waals surface area contributed by atoms with Crippen molar-refractivity contribution in [1.29, 1.82) is 0 Å². The van der Waals surface area contributed by atoms with Crippen LogP contribution < -0.4 is 4.72 Å². The van der Waals surface area contributed by atoms with E-state index in [0.717, 1.165) is 5.56 Å². The van der Waals surface area contributed by atoms with Gasteiger partial charge < -0.3 is 4.52 Å². The van der Waals surface area contributed by atoms with E-state index in [1.807, 2.05) is 0 Å². The number of halogens is 2. The Hall–Kier alpha value is -2.29. The number of nitrogens with zero attached hydrogens (tertiary/aromatic N) is 2. The molecule has 130 valence electrons. The van der Waals surface area contributed by atoms with Crippen LogP contribution in [0.5, 0.6) is 0 Å². The van der Waals surface area contributed by atoms with Crippen LogP contribution in [0, 0.1) is 12.7 Å². The molecule has 0 amide bonds. The van der Waals surface area contributed by atoms with Crippen LogP contribution in [-0.4, -0.2) is 18.6 Å². The summed E-state index contributed by atoms with van der Waals surface area (Å²) in [7, 11) is -3.80. The Morgan fingerprint density at radius 1 is 1.24 bits per heavy atom. The van der Waals surface area contributed by atoms with Crippen molar-refractivity contribution in [2.75, 3.05) is 0 Å². The number of hydrogen-bond acceptors (Lipinski definition) is 5. The van der Waals surface area contributed by atoms with Gasteiger partial charge >= 0.3 is 0 Å². The smallest absolute Gasteiger partial charge is 0.242 e. The van der Waals surface area contributed by atoms with E-state index in [1.54, 1.807) is 25.1 Å². The Labute approximate surface area is 148 Å². The second kappa shape index (κ2) is 6.91. The maximum Gasteiger partial charge on any atom is 0.242 e. The number of aromatic nitrogens is 2. The first-order chi connectivity index (χ1) is 11.9. The summed E-state index contributed by atoms with van der Waals surface area (Å²) in [6.07, 6.45) is 0. The predicted octanol–water partition coefficient (Wildman–Crippen LogP) is 3.32. The van der Waals surface area contributed by atoms with Gasteiger partial charge in [0.15, 0.2) is 0 Å². The molecule has 1 aromatic heterocycles. The summed E-state index contributed by atoms with van der Waals surface area (Å²) in [6.45, 7) is 1.55. The van der Waals surface area contributed by atoms with Crippen molar-refractivity contribution in [1.82, 2.24) is 14.9 Å². The molecule has 0 atom stereocenters. The highest BCUT2D eigenvalue weighted by molar-refractivity contribution is 7.89. The summed E-state index contributed by atoms with van der Waals surface area (Å²) in [6, 6.07) is 10.4. The number of rotatable bonds is 5. The monoisotopic (exact) mass is 381 g/mol. The summed E-state index contributed by atoms with van der Waals surface area (Å²) in [5.74, 6) is -0.435. The van der Waals surface area contributed by atoms with E-state index in [1.165, 1.54) is 24.3 Å². The molecule has 0 saturated carbocycles. The number of sulfonamides is 1. The number of aryl methyl sites for hydroxylation is 1. The van der Waals surface area contributed by atoms with E-state index in [2.05, 4.69) is 14.9 Å². The van der Waals surface area contributed by atoms with E-state index in [-0.39, 0.29) is 28.7 Å². The second-order valence-corrected chi connectivity index (χ2v) is 7.40. The summed E-state index contributed by atoms with van der Waals surface area (Å²) in [4.78, 5) is 4.02. The molecule has 0 aliphatic rings. The molecule has 6 nitrogen and oxygen atoms in total. The molecule has 0 fully saturated rings. The highest BCUT2D eigenvalue weighted by Gasteiger charge is 2.18. The summed E-state index contributed by atoms with van der Waals surface area (Å²) in [5, 5.41) is 4.01. The zero-order chi connectivity index (χ0) is 18.0. The largest absolute Gasteiger partial charge is 0.338 e. The molecule has 9 heteroatoms. The standard InChI is InChI=1S/C16H13ClFN3O3S/c1-10-6-7-11(8-13(10)17)25(22,23)19-9-15-20-16(21-24-15)12-4-2-3-5-14(12)18/h2-8,19H,9H2,1H3. The average molecular weight is 382 g/mol. The summed E-state index contributed by atoms with van der Waals surface area (Å²) < 4.78 is 45.6. The predicted molar refractivity (Wildman–Crippen MR) is 89.9 cm³/mol. The first-order valence-corrected chi connectivity index (χ1v) is 9.06. The second-order valence-electron chi connectivity index (χ2n) is 5.23. The van der Waals surface area contributed by atoms with E-state index >= 15 is 0 Å². The molecule has 0 saturated heterocycles. The number of nitrogens with one attached hydrogen (secondary N) is 1. The lowest BCUT2D eigenvalue weighted by Gasteiger charge is -2.06. The van der Waals surface area contributed by atoms with Crippen LogP contribution in [0.2, 0.25) is 5.02 Å². The molecule has 3 aromatic rings. The SMILES string of the molecule is Cc1ccc(S(=O)(=O)NCc2nc(-c3ccccc3F)no2)cc1Cl. The third-order valence-corrected chi connectivity index (χ3v) is 5.26. The van der Waals surface area contributed by atoms with Crippen molar-refractivity contribution in [2.24, 2.45) is 0 Å². The van der Waals surface area contributed by atoms with Gasteiger partial charge in [-0.2, -0.15) is 4.98 Å². The third kappa shape index (κ3) is 3.87. The van der Waals surface area contributed by atoms with E-state index in [9.17, 15) is 12.8 Å². The first-order valence-electron chi connectivity index (χ1n) is 7.20. The minimum Gasteiger partial charge on any atom is -0.338 e. The van der Waals surface area contributed by atoms with Gasteiger partial charge in [-0.15, -0.1) is 0 Å². The van der Waals surface area contributed by atoms with Crippen molar-refractivity contribution in [3.8, 4) is 11.4 Å². The van der Waals surface area contributed by atoms with E-state index < -0.39 is 15.8 Å². The van der Waals surface area contributed by atoms with Crippen LogP contribution >= 0.6 is 11.6 Å². The first kappa shape index (κ1) is 17.5. The van der Waals surface area contributed by atoms with Gasteiger partial charge in [-0.05, 0) is 36.8 Å². The fraction of sp³-hybridized carbons (Fsp3) is 0.125. The molecule has 0 radical (unpaired) electrons. The minimum absolute atomic E-state index is 0.0139. The molecule has 25 heavy (non-hydrogen) atoms.